The molecule has 0 atom stereocenters. The van der Waals surface area contributed by atoms with Gasteiger partial charge in [-0.05, 0) is 39.4 Å². The highest BCUT2D eigenvalue weighted by atomic mass is 15.3. The number of nitrogens with zero attached hydrogens (tertiary/aromatic N) is 2. The lowest BCUT2D eigenvalue weighted by Crippen LogP contribution is -2.57. The van der Waals surface area contributed by atoms with Crippen LogP contribution in [0.25, 0.3) is 0 Å². The monoisotopic (exact) mass is 309 g/mol. The van der Waals surface area contributed by atoms with Gasteiger partial charge in [0, 0.05) is 17.8 Å². The second-order valence-corrected chi connectivity index (χ2v) is 5.92. The molecule has 0 unspecified atom stereocenters. The predicted octanol–water partition coefficient (Wildman–Crippen LogP) is 4.31. The Bertz CT molecular complexity index is 618. The van der Waals surface area contributed by atoms with E-state index < -0.39 is 0 Å². The summed E-state index contributed by atoms with van der Waals surface area (Å²) in [6.45, 7) is 10.2. The molecule has 0 bridgehead atoms. The zero-order chi connectivity index (χ0) is 16.7. The molecule has 0 aliphatic rings. The van der Waals surface area contributed by atoms with E-state index in [-0.39, 0.29) is 5.66 Å². The first kappa shape index (κ1) is 17.2. The zero-order valence-corrected chi connectivity index (χ0v) is 14.6. The van der Waals surface area contributed by atoms with Crippen molar-refractivity contribution in [1.82, 2.24) is 5.32 Å². The Kier molecular flexibility index (Phi) is 5.94. The van der Waals surface area contributed by atoms with Gasteiger partial charge < -0.3 is 4.90 Å². The molecule has 0 fully saturated rings. The Morgan fingerprint density at radius 3 is 2.04 bits per heavy atom. The lowest BCUT2D eigenvalue weighted by Gasteiger charge is -2.41. The molecule has 122 valence electrons. The molecule has 2 rings (SSSR count). The average molecular weight is 309 g/mol. The van der Waals surface area contributed by atoms with Crippen molar-refractivity contribution in [2.75, 3.05) is 18.0 Å². The molecule has 0 saturated heterocycles. The van der Waals surface area contributed by atoms with Crippen LogP contribution in [0.4, 0.5) is 5.69 Å². The Labute approximate surface area is 140 Å². The van der Waals surface area contributed by atoms with Gasteiger partial charge in [0.1, 0.15) is 5.84 Å². The molecule has 0 spiro atoms. The van der Waals surface area contributed by atoms with E-state index >= 15 is 0 Å². The van der Waals surface area contributed by atoms with Crippen molar-refractivity contribution in [2.45, 2.75) is 33.4 Å². The predicted molar refractivity (Wildman–Crippen MR) is 100 cm³/mol. The van der Waals surface area contributed by atoms with Crippen LogP contribution in [0.3, 0.4) is 0 Å². The van der Waals surface area contributed by atoms with Gasteiger partial charge in [-0.15, -0.1) is 0 Å². The van der Waals surface area contributed by atoms with E-state index in [0.717, 1.165) is 30.2 Å². The van der Waals surface area contributed by atoms with Crippen LogP contribution in [0.2, 0.25) is 0 Å². The Morgan fingerprint density at radius 2 is 1.52 bits per heavy atom. The van der Waals surface area contributed by atoms with Gasteiger partial charge in [0.05, 0.1) is 5.66 Å². The third kappa shape index (κ3) is 4.20. The topological polar surface area (TPSA) is 27.6 Å². The van der Waals surface area contributed by atoms with Gasteiger partial charge >= 0.3 is 0 Å². The van der Waals surface area contributed by atoms with E-state index in [2.05, 4.69) is 86.4 Å². The third-order valence-corrected chi connectivity index (χ3v) is 3.73. The minimum absolute atomic E-state index is 0.250. The van der Waals surface area contributed by atoms with Crippen molar-refractivity contribution in [3.05, 3.63) is 66.2 Å². The Hall–Kier alpha value is -2.13. The number of hydrogen-bond acceptors (Lipinski definition) is 2. The van der Waals surface area contributed by atoms with Gasteiger partial charge in [-0.2, -0.15) is 0 Å². The zero-order valence-electron chi connectivity index (χ0n) is 14.6. The van der Waals surface area contributed by atoms with Crippen LogP contribution in [0.15, 0.2) is 65.7 Å². The van der Waals surface area contributed by atoms with E-state index in [9.17, 15) is 0 Å². The first-order chi connectivity index (χ1) is 11.1. The Morgan fingerprint density at radius 1 is 0.957 bits per heavy atom. The van der Waals surface area contributed by atoms with Crippen LogP contribution < -0.4 is 10.2 Å². The van der Waals surface area contributed by atoms with E-state index in [1.54, 1.807) is 0 Å². The molecule has 0 amide bonds. The van der Waals surface area contributed by atoms with Crippen LogP contribution in [-0.2, 0) is 0 Å². The summed E-state index contributed by atoms with van der Waals surface area (Å²) in [5, 5.41) is 3.57. The number of para-hydroxylation sites is 1. The molecular weight excluding hydrogens is 282 g/mol. The summed E-state index contributed by atoms with van der Waals surface area (Å²) >= 11 is 0. The van der Waals surface area contributed by atoms with Crippen LogP contribution in [0.1, 0.15) is 33.3 Å². The number of benzene rings is 2. The van der Waals surface area contributed by atoms with Gasteiger partial charge in [0.2, 0.25) is 0 Å². The van der Waals surface area contributed by atoms with Crippen molar-refractivity contribution in [3.8, 4) is 0 Å². The van der Waals surface area contributed by atoms with E-state index in [0.29, 0.717) is 0 Å². The van der Waals surface area contributed by atoms with Crippen LogP contribution in [0.5, 0.6) is 0 Å². The van der Waals surface area contributed by atoms with Gasteiger partial charge in [-0.1, -0.05) is 55.5 Å². The van der Waals surface area contributed by atoms with E-state index in [1.165, 1.54) is 0 Å². The maximum Gasteiger partial charge on any atom is 0.136 e. The van der Waals surface area contributed by atoms with E-state index in [1.807, 2.05) is 12.1 Å². The number of nitrogens with one attached hydrogen (secondary N) is 1. The summed E-state index contributed by atoms with van der Waals surface area (Å²) in [7, 11) is 0. The van der Waals surface area contributed by atoms with Crippen LogP contribution >= 0.6 is 0 Å². The molecule has 23 heavy (non-hydrogen) atoms. The fraction of sp³-hybridized carbons (Fsp3) is 0.350. The largest absolute Gasteiger partial charge is 0.308 e. The van der Waals surface area contributed by atoms with Crippen molar-refractivity contribution >= 4 is 11.5 Å². The molecule has 3 nitrogen and oxygen atoms in total. The lowest BCUT2D eigenvalue weighted by atomic mass is 10.1. The third-order valence-electron chi connectivity index (χ3n) is 3.73. The van der Waals surface area contributed by atoms with Gasteiger partial charge in [0.25, 0.3) is 0 Å². The standard InChI is InChI=1S/C20H27N3/c1-5-21-19(17-13-9-7-10-14-17)23(20(3,4)22-6-2)18-15-11-8-12-16-18/h7-16,22H,5-6H2,1-4H3/b21-19-. The highest BCUT2D eigenvalue weighted by Gasteiger charge is 2.30. The SMILES string of the molecule is CC/N=C(/c1ccccc1)N(c1ccccc1)C(C)(C)NCC. The molecule has 1 N–H and O–H groups in total. The minimum atomic E-state index is -0.250. The van der Waals surface area contributed by atoms with E-state index in [4.69, 9.17) is 4.99 Å². The molecule has 0 saturated carbocycles. The first-order valence-corrected chi connectivity index (χ1v) is 8.30. The fourth-order valence-corrected chi connectivity index (χ4v) is 2.83. The number of anilines is 1. The van der Waals surface area contributed by atoms with Crippen LogP contribution in [0, 0.1) is 0 Å². The highest BCUT2D eigenvalue weighted by molar-refractivity contribution is 6.10. The van der Waals surface area contributed by atoms with Gasteiger partial charge in [-0.3, -0.25) is 10.3 Å². The first-order valence-electron chi connectivity index (χ1n) is 8.30. The molecular formula is C20H27N3. The number of aliphatic imine (C=N–C) groups is 1. The summed E-state index contributed by atoms with van der Waals surface area (Å²) in [6.07, 6.45) is 0. The summed E-state index contributed by atoms with van der Waals surface area (Å²) in [4.78, 5) is 7.11. The Balaban J connectivity index is 2.57. The highest BCUT2D eigenvalue weighted by Crippen LogP contribution is 2.25. The summed E-state index contributed by atoms with van der Waals surface area (Å²) < 4.78 is 0. The molecule has 0 heterocycles. The summed E-state index contributed by atoms with van der Waals surface area (Å²) in [5.74, 6) is 0.991. The van der Waals surface area contributed by atoms with Crippen LogP contribution in [-0.4, -0.2) is 24.6 Å². The molecule has 0 aliphatic carbocycles. The molecule has 2 aromatic carbocycles. The second kappa shape index (κ2) is 7.93. The smallest absolute Gasteiger partial charge is 0.136 e. The number of amidine groups is 1. The summed E-state index contributed by atoms with van der Waals surface area (Å²) in [6, 6.07) is 20.8. The normalized spacial score (nSPS) is 12.3. The summed E-state index contributed by atoms with van der Waals surface area (Å²) in [5.41, 5.74) is 2.01. The maximum atomic E-state index is 4.82. The lowest BCUT2D eigenvalue weighted by molar-refractivity contribution is 0.413. The molecule has 2 aromatic rings. The average Bonchev–Trinajstić information content (AvgIpc) is 2.56. The van der Waals surface area contributed by atoms with Crippen molar-refractivity contribution < 1.29 is 0 Å². The second-order valence-electron chi connectivity index (χ2n) is 5.92. The number of hydrogen-bond donors (Lipinski definition) is 1. The quantitative estimate of drug-likeness (QED) is 0.489. The maximum absolute atomic E-state index is 4.82. The molecule has 0 aliphatic heterocycles. The van der Waals surface area contributed by atoms with Gasteiger partial charge in [0.15, 0.2) is 0 Å². The fourth-order valence-electron chi connectivity index (χ4n) is 2.83. The van der Waals surface area contributed by atoms with Crippen molar-refractivity contribution in [3.63, 3.8) is 0 Å². The van der Waals surface area contributed by atoms with Crippen molar-refractivity contribution in [1.29, 1.82) is 0 Å². The molecule has 0 aromatic heterocycles. The minimum Gasteiger partial charge on any atom is -0.308 e. The number of rotatable bonds is 6. The van der Waals surface area contributed by atoms with Crippen molar-refractivity contribution in [2.24, 2.45) is 4.99 Å². The molecule has 3 heteroatoms. The molecule has 0 radical (unpaired) electrons. The van der Waals surface area contributed by atoms with Gasteiger partial charge in [-0.25, -0.2) is 0 Å².